The fraction of sp³-hybridized carbons (Fsp3) is 0.650. The molecule has 4 atom stereocenters. The predicted molar refractivity (Wildman–Crippen MR) is 94.1 cm³/mol. The summed E-state index contributed by atoms with van der Waals surface area (Å²) in [4.78, 5) is 14.6. The largest absolute Gasteiger partial charge is 0.381 e. The summed E-state index contributed by atoms with van der Waals surface area (Å²) < 4.78 is 5.55. The minimum absolute atomic E-state index is 0.112. The number of amides is 2. The molecule has 130 valence electrons. The second-order valence-electron chi connectivity index (χ2n) is 8.13. The molecule has 2 saturated heterocycles. The molecule has 2 aliphatic heterocycles. The Balaban J connectivity index is 1.31. The van der Waals surface area contributed by atoms with Crippen LogP contribution in [0.3, 0.4) is 0 Å². The minimum atomic E-state index is 0.112. The van der Waals surface area contributed by atoms with Crippen LogP contribution in [0.2, 0.25) is 0 Å². The standard InChI is InChI=1S/C20H28N2O2/c1-14-4-3-5-16(10-14)18-11-17(18)15(2)21-19(23)22-8-6-20(12-22)7-9-24-13-20/h3-5,10,15,17-18H,6-9,11-13H2,1-2H3,(H,21,23)/t15-,17+,18-,20-/m0/s1. The van der Waals surface area contributed by atoms with Crippen LogP contribution in [-0.2, 0) is 4.74 Å². The first kappa shape index (κ1) is 15.9. The van der Waals surface area contributed by atoms with Gasteiger partial charge in [-0.05, 0) is 50.5 Å². The van der Waals surface area contributed by atoms with Gasteiger partial charge < -0.3 is 15.0 Å². The number of carbonyl (C=O) groups excluding carboxylic acids is 1. The van der Waals surface area contributed by atoms with Crippen molar-refractivity contribution in [3.63, 3.8) is 0 Å². The van der Waals surface area contributed by atoms with Crippen molar-refractivity contribution in [1.29, 1.82) is 0 Å². The summed E-state index contributed by atoms with van der Waals surface area (Å²) in [6.45, 7) is 7.70. The van der Waals surface area contributed by atoms with E-state index in [1.54, 1.807) is 0 Å². The minimum Gasteiger partial charge on any atom is -0.381 e. The summed E-state index contributed by atoms with van der Waals surface area (Å²) in [6.07, 6.45) is 3.37. The lowest BCUT2D eigenvalue weighted by Gasteiger charge is -2.24. The zero-order chi connectivity index (χ0) is 16.7. The molecule has 4 rings (SSSR count). The molecular weight excluding hydrogens is 300 g/mol. The van der Waals surface area contributed by atoms with E-state index in [-0.39, 0.29) is 17.5 Å². The van der Waals surface area contributed by atoms with Crippen molar-refractivity contribution < 1.29 is 9.53 Å². The van der Waals surface area contributed by atoms with Crippen molar-refractivity contribution >= 4 is 6.03 Å². The second kappa shape index (κ2) is 6.07. The maximum atomic E-state index is 12.6. The van der Waals surface area contributed by atoms with E-state index < -0.39 is 0 Å². The molecule has 0 unspecified atom stereocenters. The molecule has 24 heavy (non-hydrogen) atoms. The third kappa shape index (κ3) is 3.04. The zero-order valence-electron chi connectivity index (χ0n) is 14.8. The molecule has 2 amide bonds. The first-order chi connectivity index (χ1) is 11.6. The van der Waals surface area contributed by atoms with Gasteiger partial charge in [-0.2, -0.15) is 0 Å². The molecule has 0 radical (unpaired) electrons. The van der Waals surface area contributed by atoms with E-state index in [9.17, 15) is 4.79 Å². The summed E-state index contributed by atoms with van der Waals surface area (Å²) in [5, 5.41) is 3.25. The van der Waals surface area contributed by atoms with Gasteiger partial charge in [0.15, 0.2) is 0 Å². The summed E-state index contributed by atoms with van der Waals surface area (Å²) in [7, 11) is 0. The number of carbonyl (C=O) groups is 1. The predicted octanol–water partition coefficient (Wildman–Crippen LogP) is 3.31. The van der Waals surface area contributed by atoms with Crippen LogP contribution in [0.1, 0.15) is 43.2 Å². The molecule has 4 nitrogen and oxygen atoms in total. The molecule has 2 heterocycles. The van der Waals surface area contributed by atoms with Gasteiger partial charge in [-0.3, -0.25) is 0 Å². The number of ether oxygens (including phenoxy) is 1. The molecule has 0 bridgehead atoms. The molecule has 3 aliphatic rings. The highest BCUT2D eigenvalue weighted by Gasteiger charge is 2.45. The van der Waals surface area contributed by atoms with Gasteiger partial charge in [0.25, 0.3) is 0 Å². The van der Waals surface area contributed by atoms with Crippen LogP contribution in [0.5, 0.6) is 0 Å². The van der Waals surface area contributed by atoms with Crippen LogP contribution in [0.25, 0.3) is 0 Å². The lowest BCUT2D eigenvalue weighted by molar-refractivity contribution is 0.152. The van der Waals surface area contributed by atoms with Crippen molar-refractivity contribution in [2.75, 3.05) is 26.3 Å². The van der Waals surface area contributed by atoms with E-state index in [1.807, 2.05) is 4.90 Å². The molecule has 1 saturated carbocycles. The van der Waals surface area contributed by atoms with Crippen LogP contribution < -0.4 is 5.32 Å². The van der Waals surface area contributed by atoms with Crippen LogP contribution in [-0.4, -0.2) is 43.3 Å². The Morgan fingerprint density at radius 3 is 3.04 bits per heavy atom. The fourth-order valence-corrected chi connectivity index (χ4v) is 4.52. The van der Waals surface area contributed by atoms with Crippen molar-refractivity contribution in [2.45, 2.75) is 45.1 Å². The van der Waals surface area contributed by atoms with E-state index in [0.29, 0.717) is 11.8 Å². The average Bonchev–Trinajstić information content (AvgIpc) is 3.07. The van der Waals surface area contributed by atoms with Gasteiger partial charge in [0.1, 0.15) is 0 Å². The number of likely N-dealkylation sites (tertiary alicyclic amines) is 1. The molecule has 4 heteroatoms. The molecular formula is C20H28N2O2. The van der Waals surface area contributed by atoms with E-state index in [2.05, 4.69) is 43.4 Å². The van der Waals surface area contributed by atoms with Crippen LogP contribution in [0.15, 0.2) is 24.3 Å². The van der Waals surface area contributed by atoms with Crippen molar-refractivity contribution in [1.82, 2.24) is 10.2 Å². The quantitative estimate of drug-likeness (QED) is 0.925. The highest BCUT2D eigenvalue weighted by Crippen LogP contribution is 2.49. The molecule has 1 aromatic rings. The SMILES string of the molecule is Cc1cccc([C@@H]2C[C@@H]2[C@H](C)NC(=O)N2CC[C@]3(CCOC3)C2)c1. The van der Waals surface area contributed by atoms with Crippen LogP contribution in [0, 0.1) is 18.3 Å². The van der Waals surface area contributed by atoms with Gasteiger partial charge in [-0.25, -0.2) is 4.79 Å². The van der Waals surface area contributed by atoms with E-state index >= 15 is 0 Å². The number of aryl methyl sites for hydroxylation is 1. The molecule has 0 aromatic heterocycles. The fourth-order valence-electron chi connectivity index (χ4n) is 4.52. The van der Waals surface area contributed by atoms with Gasteiger partial charge in [0.05, 0.1) is 6.61 Å². The van der Waals surface area contributed by atoms with Crippen molar-refractivity contribution in [3.8, 4) is 0 Å². The first-order valence-corrected chi connectivity index (χ1v) is 9.26. The molecule has 1 spiro atoms. The lowest BCUT2D eigenvalue weighted by atomic mass is 9.87. The second-order valence-corrected chi connectivity index (χ2v) is 8.13. The molecule has 1 aliphatic carbocycles. The number of nitrogens with one attached hydrogen (secondary N) is 1. The van der Waals surface area contributed by atoms with Crippen LogP contribution >= 0.6 is 0 Å². The molecule has 1 N–H and O–H groups in total. The topological polar surface area (TPSA) is 41.6 Å². The maximum absolute atomic E-state index is 12.6. The highest BCUT2D eigenvalue weighted by molar-refractivity contribution is 5.75. The van der Waals surface area contributed by atoms with Gasteiger partial charge in [-0.15, -0.1) is 0 Å². The van der Waals surface area contributed by atoms with Crippen LogP contribution in [0.4, 0.5) is 4.79 Å². The zero-order valence-corrected chi connectivity index (χ0v) is 14.8. The summed E-state index contributed by atoms with van der Waals surface area (Å²) >= 11 is 0. The highest BCUT2D eigenvalue weighted by atomic mass is 16.5. The number of urea groups is 1. The Kier molecular flexibility index (Phi) is 4.03. The Hall–Kier alpha value is -1.55. The van der Waals surface area contributed by atoms with Crippen molar-refractivity contribution in [3.05, 3.63) is 35.4 Å². The Labute approximate surface area is 144 Å². The number of rotatable bonds is 3. The van der Waals surface area contributed by atoms with Gasteiger partial charge in [0, 0.05) is 31.2 Å². The van der Waals surface area contributed by atoms with Gasteiger partial charge >= 0.3 is 6.03 Å². The van der Waals surface area contributed by atoms with E-state index in [1.165, 1.54) is 17.5 Å². The Bertz CT molecular complexity index is 624. The third-order valence-electron chi connectivity index (χ3n) is 6.21. The number of hydrogen-bond acceptors (Lipinski definition) is 2. The normalized spacial score (nSPS) is 33.0. The average molecular weight is 328 g/mol. The summed E-state index contributed by atoms with van der Waals surface area (Å²) in [5.74, 6) is 1.18. The maximum Gasteiger partial charge on any atom is 0.317 e. The monoisotopic (exact) mass is 328 g/mol. The number of nitrogens with zero attached hydrogens (tertiary/aromatic N) is 1. The summed E-state index contributed by atoms with van der Waals surface area (Å²) in [5.41, 5.74) is 2.98. The Morgan fingerprint density at radius 2 is 2.29 bits per heavy atom. The third-order valence-corrected chi connectivity index (χ3v) is 6.21. The van der Waals surface area contributed by atoms with E-state index in [4.69, 9.17) is 4.74 Å². The Morgan fingerprint density at radius 1 is 1.42 bits per heavy atom. The molecule has 1 aromatic carbocycles. The van der Waals surface area contributed by atoms with Crippen molar-refractivity contribution in [2.24, 2.45) is 11.3 Å². The lowest BCUT2D eigenvalue weighted by Crippen LogP contribution is -2.44. The summed E-state index contributed by atoms with van der Waals surface area (Å²) in [6, 6.07) is 9.12. The smallest absolute Gasteiger partial charge is 0.317 e. The first-order valence-electron chi connectivity index (χ1n) is 9.26. The van der Waals surface area contributed by atoms with Gasteiger partial charge in [-0.1, -0.05) is 29.8 Å². The van der Waals surface area contributed by atoms with E-state index in [0.717, 1.165) is 39.1 Å². The molecule has 3 fully saturated rings. The van der Waals surface area contributed by atoms with Gasteiger partial charge in [0.2, 0.25) is 0 Å². The number of hydrogen-bond donors (Lipinski definition) is 1. The number of benzene rings is 1.